The summed E-state index contributed by atoms with van der Waals surface area (Å²) >= 11 is 0. The van der Waals surface area contributed by atoms with Crippen LogP contribution < -0.4 is 10.1 Å². The van der Waals surface area contributed by atoms with Crippen molar-refractivity contribution >= 4 is 23.6 Å². The molecule has 1 N–H and O–H groups in total. The number of benzene rings is 1. The standard InChI is InChI=1S/C23H26N2O5/c1-13(2)15-10-11-18(19(12-15)30-22(29)25(4)5)23(24-14(3)26)20(27)16-8-6-7-9-17(16)21(23)28/h8-13H,6-7H2,1-5H3,(H,24,26). The molecule has 0 aliphatic heterocycles. The van der Waals surface area contributed by atoms with Gasteiger partial charge in [0.1, 0.15) is 5.75 Å². The number of rotatable bonds is 4. The Morgan fingerprint density at radius 1 is 1.07 bits per heavy atom. The SMILES string of the molecule is CC(=O)NC1(c2ccc(C(C)C)cc2OC(=O)N(C)C)C(=O)C2=CCCC=C2C1=O. The molecule has 7 nitrogen and oxygen atoms in total. The van der Waals surface area contributed by atoms with Crippen LogP contribution in [0.1, 0.15) is 50.7 Å². The predicted molar refractivity (Wildman–Crippen MR) is 111 cm³/mol. The fourth-order valence-electron chi connectivity index (χ4n) is 3.78. The van der Waals surface area contributed by atoms with Gasteiger partial charge in [-0.25, -0.2) is 4.79 Å². The van der Waals surface area contributed by atoms with Gasteiger partial charge in [-0.15, -0.1) is 0 Å². The first kappa shape index (κ1) is 21.5. The van der Waals surface area contributed by atoms with Crippen LogP contribution in [0.4, 0.5) is 4.79 Å². The molecule has 0 bridgehead atoms. The van der Waals surface area contributed by atoms with E-state index in [1.54, 1.807) is 30.4 Å². The van der Waals surface area contributed by atoms with E-state index in [-0.39, 0.29) is 17.2 Å². The Labute approximate surface area is 175 Å². The number of fused-ring (bicyclic) bond motifs is 1. The molecule has 0 saturated heterocycles. The van der Waals surface area contributed by atoms with Crippen LogP contribution >= 0.6 is 0 Å². The third-order valence-corrected chi connectivity index (χ3v) is 5.33. The van der Waals surface area contributed by atoms with Gasteiger partial charge in [0.05, 0.1) is 0 Å². The Kier molecular flexibility index (Phi) is 5.65. The summed E-state index contributed by atoms with van der Waals surface area (Å²) in [6, 6.07) is 5.02. The van der Waals surface area contributed by atoms with Crippen LogP contribution in [0, 0.1) is 0 Å². The zero-order chi connectivity index (χ0) is 22.2. The summed E-state index contributed by atoms with van der Waals surface area (Å²) in [7, 11) is 3.07. The predicted octanol–water partition coefficient (Wildman–Crippen LogP) is 3.00. The van der Waals surface area contributed by atoms with Crippen LogP contribution in [0.2, 0.25) is 0 Å². The van der Waals surface area contributed by atoms with Crippen LogP contribution in [0.3, 0.4) is 0 Å². The van der Waals surface area contributed by atoms with Crippen molar-refractivity contribution in [3.05, 3.63) is 52.6 Å². The number of nitrogens with zero attached hydrogens (tertiary/aromatic N) is 1. The topological polar surface area (TPSA) is 92.8 Å². The molecule has 1 aromatic rings. The van der Waals surface area contributed by atoms with Crippen molar-refractivity contribution in [3.63, 3.8) is 0 Å². The molecule has 0 atom stereocenters. The number of hydrogen-bond acceptors (Lipinski definition) is 5. The molecule has 0 spiro atoms. The highest BCUT2D eigenvalue weighted by Crippen LogP contribution is 2.45. The van der Waals surface area contributed by atoms with Crippen LogP contribution in [-0.4, -0.2) is 42.6 Å². The Morgan fingerprint density at radius 2 is 1.63 bits per heavy atom. The van der Waals surface area contributed by atoms with Crippen LogP contribution in [0.5, 0.6) is 5.75 Å². The van der Waals surface area contributed by atoms with Crippen molar-refractivity contribution in [1.82, 2.24) is 10.2 Å². The summed E-state index contributed by atoms with van der Waals surface area (Å²) in [6.45, 7) is 5.21. The number of carbonyl (C=O) groups excluding carboxylic acids is 4. The molecule has 2 aliphatic rings. The quantitative estimate of drug-likeness (QED) is 0.771. The number of carbonyl (C=O) groups is 4. The van der Waals surface area contributed by atoms with Gasteiger partial charge in [0, 0.05) is 37.7 Å². The lowest BCUT2D eigenvalue weighted by molar-refractivity contribution is -0.135. The highest BCUT2D eigenvalue weighted by Gasteiger charge is 2.58. The largest absolute Gasteiger partial charge is 0.414 e. The highest BCUT2D eigenvalue weighted by atomic mass is 16.6. The molecular formula is C23H26N2O5. The first-order chi connectivity index (χ1) is 14.1. The van der Waals surface area contributed by atoms with E-state index in [1.807, 2.05) is 13.8 Å². The van der Waals surface area contributed by atoms with E-state index in [1.165, 1.54) is 25.9 Å². The number of hydrogen-bond donors (Lipinski definition) is 1. The smallest absolute Gasteiger partial charge is 0.410 e. The normalized spacial score (nSPS) is 17.3. The lowest BCUT2D eigenvalue weighted by Gasteiger charge is -2.29. The maximum Gasteiger partial charge on any atom is 0.414 e. The van der Waals surface area contributed by atoms with Gasteiger partial charge < -0.3 is 15.0 Å². The maximum absolute atomic E-state index is 13.5. The molecular weight excluding hydrogens is 384 g/mol. The maximum atomic E-state index is 13.5. The summed E-state index contributed by atoms with van der Waals surface area (Å²) in [5.74, 6) is -1.35. The number of allylic oxidation sites excluding steroid dienone is 2. The molecule has 1 fully saturated rings. The second kappa shape index (κ2) is 7.89. The summed E-state index contributed by atoms with van der Waals surface area (Å²) in [6.07, 6.45) is 4.09. The van der Waals surface area contributed by atoms with Gasteiger partial charge in [0.25, 0.3) is 0 Å². The van der Waals surface area contributed by atoms with Crippen molar-refractivity contribution in [2.75, 3.05) is 14.1 Å². The number of ether oxygens (including phenoxy) is 1. The molecule has 2 amide bonds. The van der Waals surface area contributed by atoms with E-state index in [4.69, 9.17) is 4.74 Å². The number of nitrogens with one attached hydrogen (secondary N) is 1. The number of Topliss-reactive ketones (excluding diaryl/α,β-unsaturated/α-hetero) is 2. The molecule has 0 radical (unpaired) electrons. The molecule has 1 saturated carbocycles. The third kappa shape index (κ3) is 3.44. The molecule has 3 rings (SSSR count). The molecule has 30 heavy (non-hydrogen) atoms. The van der Waals surface area contributed by atoms with E-state index in [9.17, 15) is 19.2 Å². The van der Waals surface area contributed by atoms with Gasteiger partial charge in [-0.1, -0.05) is 38.1 Å². The van der Waals surface area contributed by atoms with E-state index >= 15 is 0 Å². The van der Waals surface area contributed by atoms with E-state index < -0.39 is 29.1 Å². The number of ketones is 2. The Balaban J connectivity index is 2.27. The van der Waals surface area contributed by atoms with Crippen molar-refractivity contribution < 1.29 is 23.9 Å². The minimum Gasteiger partial charge on any atom is -0.410 e. The lowest BCUT2D eigenvalue weighted by atomic mass is 9.83. The first-order valence-electron chi connectivity index (χ1n) is 9.92. The second-order valence-corrected chi connectivity index (χ2v) is 8.08. The molecule has 0 aromatic heterocycles. The van der Waals surface area contributed by atoms with Crippen molar-refractivity contribution in [2.24, 2.45) is 0 Å². The zero-order valence-electron chi connectivity index (χ0n) is 17.9. The molecule has 158 valence electrons. The zero-order valence-corrected chi connectivity index (χ0v) is 17.9. The molecule has 0 unspecified atom stereocenters. The average molecular weight is 410 g/mol. The van der Waals surface area contributed by atoms with Gasteiger partial charge >= 0.3 is 6.09 Å². The van der Waals surface area contributed by atoms with Gasteiger partial charge in [-0.05, 0) is 30.4 Å². The highest BCUT2D eigenvalue weighted by molar-refractivity contribution is 6.36. The van der Waals surface area contributed by atoms with E-state index in [0.717, 1.165) is 5.56 Å². The Bertz CT molecular complexity index is 969. The fourth-order valence-corrected chi connectivity index (χ4v) is 3.78. The lowest BCUT2D eigenvalue weighted by Crippen LogP contribution is -2.53. The fraction of sp³-hybridized carbons (Fsp3) is 0.391. The molecule has 1 aromatic carbocycles. The van der Waals surface area contributed by atoms with E-state index in [0.29, 0.717) is 24.0 Å². The van der Waals surface area contributed by atoms with Gasteiger partial charge in [0.2, 0.25) is 17.5 Å². The Morgan fingerprint density at radius 3 is 2.10 bits per heavy atom. The van der Waals surface area contributed by atoms with Gasteiger partial charge in [-0.3, -0.25) is 14.4 Å². The first-order valence-corrected chi connectivity index (χ1v) is 9.92. The minimum atomic E-state index is -1.95. The molecule has 2 aliphatic carbocycles. The van der Waals surface area contributed by atoms with Gasteiger partial charge in [0.15, 0.2) is 5.54 Å². The molecule has 0 heterocycles. The Hall–Kier alpha value is -3.22. The molecule has 7 heteroatoms. The van der Waals surface area contributed by atoms with Crippen LogP contribution in [-0.2, 0) is 19.9 Å². The van der Waals surface area contributed by atoms with Crippen molar-refractivity contribution in [1.29, 1.82) is 0 Å². The van der Waals surface area contributed by atoms with Crippen LogP contribution in [0.25, 0.3) is 0 Å². The van der Waals surface area contributed by atoms with Crippen LogP contribution in [0.15, 0.2) is 41.5 Å². The minimum absolute atomic E-state index is 0.0789. The monoisotopic (exact) mass is 410 g/mol. The van der Waals surface area contributed by atoms with Gasteiger partial charge in [-0.2, -0.15) is 0 Å². The summed E-state index contributed by atoms with van der Waals surface area (Å²) in [4.78, 5) is 52.7. The third-order valence-electron chi connectivity index (χ3n) is 5.33. The second-order valence-electron chi connectivity index (χ2n) is 8.08. The van der Waals surface area contributed by atoms with Crippen molar-refractivity contribution in [3.8, 4) is 5.75 Å². The summed E-state index contributed by atoms with van der Waals surface area (Å²) < 4.78 is 5.56. The van der Waals surface area contributed by atoms with Crippen molar-refractivity contribution in [2.45, 2.75) is 45.1 Å². The number of amides is 2. The van der Waals surface area contributed by atoms with E-state index in [2.05, 4.69) is 5.32 Å². The summed E-state index contributed by atoms with van der Waals surface area (Å²) in [5.41, 5.74) is -0.322. The average Bonchev–Trinajstić information content (AvgIpc) is 2.90. The summed E-state index contributed by atoms with van der Waals surface area (Å²) in [5, 5.41) is 2.59.